The van der Waals surface area contributed by atoms with Crippen LogP contribution in [0, 0.1) is 5.92 Å². The third-order valence-corrected chi connectivity index (χ3v) is 5.16. The van der Waals surface area contributed by atoms with Crippen LogP contribution in [0.25, 0.3) is 0 Å². The van der Waals surface area contributed by atoms with Crippen molar-refractivity contribution in [1.29, 1.82) is 0 Å². The van der Waals surface area contributed by atoms with Crippen molar-refractivity contribution in [2.24, 2.45) is 10.9 Å². The maximum Gasteiger partial charge on any atom is 0.226 e. The number of hydrogen-bond acceptors (Lipinski definition) is 3. The van der Waals surface area contributed by atoms with E-state index in [1.54, 1.807) is 0 Å². The zero-order valence-corrected chi connectivity index (χ0v) is 20.9. The van der Waals surface area contributed by atoms with Crippen LogP contribution >= 0.6 is 24.0 Å². The van der Waals surface area contributed by atoms with Gasteiger partial charge in [-0.3, -0.25) is 4.79 Å². The molecule has 7 heteroatoms. The lowest BCUT2D eigenvalue weighted by molar-refractivity contribution is -0.118. The number of nitrogens with one attached hydrogen (secondary N) is 3. The summed E-state index contributed by atoms with van der Waals surface area (Å²) >= 11 is 0. The molecule has 0 bridgehead atoms. The Labute approximate surface area is 202 Å². The summed E-state index contributed by atoms with van der Waals surface area (Å²) in [6, 6.07) is 18.8. The Morgan fingerprint density at radius 1 is 1.13 bits per heavy atom. The molecule has 1 aliphatic heterocycles. The van der Waals surface area contributed by atoms with Crippen molar-refractivity contribution in [3.8, 4) is 0 Å². The maximum atomic E-state index is 11.8. The number of carbonyl (C=O) groups excluding carboxylic acids is 1. The molecular weight excluding hydrogens is 501 g/mol. The maximum absolute atomic E-state index is 11.8. The molecule has 0 spiro atoms. The van der Waals surface area contributed by atoms with Crippen LogP contribution in [-0.4, -0.2) is 37.5 Å². The van der Waals surface area contributed by atoms with Gasteiger partial charge in [-0.05, 0) is 43.2 Å². The predicted molar refractivity (Wildman–Crippen MR) is 140 cm³/mol. The van der Waals surface area contributed by atoms with Gasteiger partial charge in [0.05, 0.1) is 6.54 Å². The van der Waals surface area contributed by atoms with Gasteiger partial charge in [-0.15, -0.1) is 24.0 Å². The fourth-order valence-corrected chi connectivity index (χ4v) is 3.42. The van der Waals surface area contributed by atoms with E-state index in [0.29, 0.717) is 12.6 Å². The Balaban J connectivity index is 0.00000341. The lowest BCUT2D eigenvalue weighted by Crippen LogP contribution is -2.44. The van der Waals surface area contributed by atoms with Crippen LogP contribution in [0.5, 0.6) is 0 Å². The summed E-state index contributed by atoms with van der Waals surface area (Å²) in [7, 11) is 0. The summed E-state index contributed by atoms with van der Waals surface area (Å²) in [5.41, 5.74) is 3.19. The van der Waals surface area contributed by atoms with Gasteiger partial charge in [-0.25, -0.2) is 4.99 Å². The Morgan fingerprint density at radius 2 is 1.84 bits per heavy atom. The molecule has 3 rings (SSSR count). The normalized spacial score (nSPS) is 16.1. The largest absolute Gasteiger partial charge is 0.369 e. The summed E-state index contributed by atoms with van der Waals surface area (Å²) in [4.78, 5) is 19.0. The Morgan fingerprint density at radius 3 is 2.48 bits per heavy atom. The van der Waals surface area contributed by atoms with Crippen LogP contribution in [0.3, 0.4) is 0 Å². The number of amides is 1. The minimum absolute atomic E-state index is 0. The molecule has 1 heterocycles. The molecule has 3 N–H and O–H groups in total. The molecule has 0 aromatic heterocycles. The van der Waals surface area contributed by atoms with E-state index < -0.39 is 0 Å². The SMILES string of the molecule is CCNC(=NCc1ccc(NC(=O)C(C)C)cc1)NC1CCN(c2ccccc2)C1.I. The molecule has 168 valence electrons. The average molecular weight is 535 g/mol. The minimum Gasteiger partial charge on any atom is -0.369 e. The summed E-state index contributed by atoms with van der Waals surface area (Å²) in [5, 5.41) is 9.84. The van der Waals surface area contributed by atoms with Gasteiger partial charge in [-0.2, -0.15) is 0 Å². The van der Waals surface area contributed by atoms with Crippen LogP contribution in [-0.2, 0) is 11.3 Å². The molecule has 6 nitrogen and oxygen atoms in total. The molecule has 1 aliphatic rings. The van der Waals surface area contributed by atoms with E-state index in [1.807, 2.05) is 38.1 Å². The van der Waals surface area contributed by atoms with E-state index >= 15 is 0 Å². The van der Waals surface area contributed by atoms with Crippen molar-refractivity contribution in [1.82, 2.24) is 10.6 Å². The van der Waals surface area contributed by atoms with Crippen molar-refractivity contribution >= 4 is 47.2 Å². The lowest BCUT2D eigenvalue weighted by atomic mass is 10.1. The lowest BCUT2D eigenvalue weighted by Gasteiger charge is -2.20. The molecule has 1 atom stereocenters. The first-order chi connectivity index (χ1) is 14.5. The second-order valence-electron chi connectivity index (χ2n) is 7.95. The monoisotopic (exact) mass is 535 g/mol. The fraction of sp³-hybridized carbons (Fsp3) is 0.417. The Bertz CT molecular complexity index is 839. The Hall–Kier alpha value is -2.29. The van der Waals surface area contributed by atoms with E-state index in [1.165, 1.54) is 5.69 Å². The molecule has 1 saturated heterocycles. The van der Waals surface area contributed by atoms with Crippen LogP contribution < -0.4 is 20.9 Å². The van der Waals surface area contributed by atoms with Crippen molar-refractivity contribution in [2.45, 2.75) is 39.8 Å². The predicted octanol–water partition coefficient (Wildman–Crippen LogP) is 4.23. The zero-order valence-electron chi connectivity index (χ0n) is 18.6. The number of nitrogens with zero attached hydrogens (tertiary/aromatic N) is 2. The van der Waals surface area contributed by atoms with Crippen LogP contribution in [0.2, 0.25) is 0 Å². The zero-order chi connectivity index (χ0) is 21.3. The number of para-hydroxylation sites is 1. The summed E-state index contributed by atoms with van der Waals surface area (Å²) < 4.78 is 0. The molecule has 2 aromatic rings. The standard InChI is InChI=1S/C24H33N5O.HI/c1-4-25-24(28-21-14-15-29(17-21)22-8-6-5-7-9-22)26-16-19-10-12-20(13-11-19)27-23(30)18(2)3;/h5-13,18,21H,4,14-17H2,1-3H3,(H,27,30)(H2,25,26,28);1H. The second kappa shape index (κ2) is 12.5. The number of rotatable bonds is 7. The van der Waals surface area contributed by atoms with E-state index in [2.05, 4.69) is 58.1 Å². The number of aliphatic imine (C=N–C) groups is 1. The first-order valence-corrected chi connectivity index (χ1v) is 10.8. The molecular formula is C24H34IN5O. The highest BCUT2D eigenvalue weighted by atomic mass is 127. The van der Waals surface area contributed by atoms with E-state index in [4.69, 9.17) is 4.99 Å². The highest BCUT2D eigenvalue weighted by Gasteiger charge is 2.23. The number of carbonyl (C=O) groups is 1. The van der Waals surface area contributed by atoms with Gasteiger partial charge in [0, 0.05) is 43.0 Å². The van der Waals surface area contributed by atoms with Gasteiger partial charge >= 0.3 is 0 Å². The Kier molecular flexibility index (Phi) is 10.1. The van der Waals surface area contributed by atoms with E-state index in [9.17, 15) is 4.79 Å². The van der Waals surface area contributed by atoms with Gasteiger partial charge in [0.2, 0.25) is 5.91 Å². The molecule has 0 radical (unpaired) electrons. The summed E-state index contributed by atoms with van der Waals surface area (Å²) in [6.45, 7) is 9.27. The molecule has 0 aliphatic carbocycles. The van der Waals surface area contributed by atoms with Gasteiger partial charge in [0.1, 0.15) is 0 Å². The number of hydrogen-bond donors (Lipinski definition) is 3. The molecule has 1 amide bonds. The quantitative estimate of drug-likeness (QED) is 0.282. The van der Waals surface area contributed by atoms with Crippen molar-refractivity contribution in [3.63, 3.8) is 0 Å². The number of benzene rings is 2. The van der Waals surface area contributed by atoms with Crippen molar-refractivity contribution in [2.75, 3.05) is 29.9 Å². The molecule has 2 aromatic carbocycles. The second-order valence-corrected chi connectivity index (χ2v) is 7.95. The summed E-state index contributed by atoms with van der Waals surface area (Å²) in [5.74, 6) is 0.839. The van der Waals surface area contributed by atoms with Gasteiger partial charge in [-0.1, -0.05) is 44.2 Å². The molecule has 0 saturated carbocycles. The first kappa shape index (κ1) is 25.0. The minimum atomic E-state index is -0.0311. The first-order valence-electron chi connectivity index (χ1n) is 10.8. The number of guanidine groups is 1. The third kappa shape index (κ3) is 7.72. The van der Waals surface area contributed by atoms with Crippen molar-refractivity contribution in [3.05, 3.63) is 60.2 Å². The highest BCUT2D eigenvalue weighted by molar-refractivity contribution is 14.0. The highest BCUT2D eigenvalue weighted by Crippen LogP contribution is 2.19. The van der Waals surface area contributed by atoms with Crippen LogP contribution in [0.1, 0.15) is 32.8 Å². The van der Waals surface area contributed by atoms with Crippen LogP contribution in [0.15, 0.2) is 59.6 Å². The molecule has 1 fully saturated rings. The summed E-state index contributed by atoms with van der Waals surface area (Å²) in [6.07, 6.45) is 1.09. The number of anilines is 2. The third-order valence-electron chi connectivity index (χ3n) is 5.16. The smallest absolute Gasteiger partial charge is 0.226 e. The molecule has 31 heavy (non-hydrogen) atoms. The van der Waals surface area contributed by atoms with Gasteiger partial charge < -0.3 is 20.9 Å². The van der Waals surface area contributed by atoms with Crippen molar-refractivity contribution < 1.29 is 4.79 Å². The van der Waals surface area contributed by atoms with Gasteiger partial charge in [0.25, 0.3) is 0 Å². The number of halogens is 1. The van der Waals surface area contributed by atoms with E-state index in [0.717, 1.165) is 43.3 Å². The topological polar surface area (TPSA) is 68.8 Å². The van der Waals surface area contributed by atoms with E-state index in [-0.39, 0.29) is 35.8 Å². The van der Waals surface area contributed by atoms with Crippen LogP contribution in [0.4, 0.5) is 11.4 Å². The molecule has 1 unspecified atom stereocenters. The van der Waals surface area contributed by atoms with Gasteiger partial charge in [0.15, 0.2) is 5.96 Å². The fourth-order valence-electron chi connectivity index (χ4n) is 3.42. The average Bonchev–Trinajstić information content (AvgIpc) is 3.22.